The van der Waals surface area contributed by atoms with Crippen molar-refractivity contribution in [2.24, 2.45) is 0 Å². The van der Waals surface area contributed by atoms with Gasteiger partial charge in [-0.3, -0.25) is 4.79 Å². The molecule has 2 aromatic rings. The minimum Gasteiger partial charge on any atom is -0.494 e. The molecule has 0 saturated carbocycles. The number of amides is 1. The number of halogens is 2. The van der Waals surface area contributed by atoms with Crippen LogP contribution in [0, 0.1) is 13.8 Å². The number of unbranched alkanes of at least 4 members (excludes halogenated alkanes) is 2. The predicted molar refractivity (Wildman–Crippen MR) is 114 cm³/mol. The fraction of sp³-hybridized carbons (Fsp3) is 0.381. The Labute approximate surface area is 174 Å². The Bertz CT molecular complexity index is 778. The second-order valence-electron chi connectivity index (χ2n) is 6.36. The largest absolute Gasteiger partial charge is 0.494 e. The van der Waals surface area contributed by atoms with Gasteiger partial charge in [-0.15, -0.1) is 0 Å². The van der Waals surface area contributed by atoms with Crippen LogP contribution in [-0.2, 0) is 4.79 Å². The van der Waals surface area contributed by atoms with E-state index in [0.717, 1.165) is 34.2 Å². The second-order valence-corrected chi connectivity index (χ2v) is 7.53. The van der Waals surface area contributed by atoms with E-state index in [-0.39, 0.29) is 12.5 Å². The number of carbonyl (C=O) groups excluding carboxylic acids is 1. The van der Waals surface area contributed by atoms with Crippen molar-refractivity contribution in [2.45, 2.75) is 40.0 Å². The standard InChI is InChI=1S/C21H25BrClNO3/c1-4-5-6-11-26-17-9-7-16(8-10-17)24-19(25)13-27-18-12-14(2)21(23)15(3)20(18)22/h7-10,12H,4-6,11,13H2,1-3H3,(H,24,25). The van der Waals surface area contributed by atoms with Crippen molar-refractivity contribution in [3.8, 4) is 11.5 Å². The van der Waals surface area contributed by atoms with Gasteiger partial charge in [0, 0.05) is 10.7 Å². The number of nitrogens with one attached hydrogen (secondary N) is 1. The third-order valence-electron chi connectivity index (χ3n) is 4.08. The van der Waals surface area contributed by atoms with E-state index in [1.807, 2.05) is 44.2 Å². The zero-order valence-corrected chi connectivity index (χ0v) is 18.2. The van der Waals surface area contributed by atoms with E-state index in [1.54, 1.807) is 0 Å². The van der Waals surface area contributed by atoms with Crippen molar-refractivity contribution >= 4 is 39.1 Å². The summed E-state index contributed by atoms with van der Waals surface area (Å²) in [6.07, 6.45) is 3.38. The van der Waals surface area contributed by atoms with Gasteiger partial charge in [-0.05, 0) is 77.7 Å². The summed E-state index contributed by atoms with van der Waals surface area (Å²) in [6, 6.07) is 9.16. The lowest BCUT2D eigenvalue weighted by Crippen LogP contribution is -2.20. The van der Waals surface area contributed by atoms with Gasteiger partial charge in [0.25, 0.3) is 5.91 Å². The molecule has 0 radical (unpaired) electrons. The first-order valence-corrected chi connectivity index (χ1v) is 10.2. The summed E-state index contributed by atoms with van der Waals surface area (Å²) in [4.78, 5) is 12.2. The summed E-state index contributed by atoms with van der Waals surface area (Å²) >= 11 is 9.68. The van der Waals surface area contributed by atoms with Gasteiger partial charge >= 0.3 is 0 Å². The number of hydrogen-bond donors (Lipinski definition) is 1. The Kier molecular flexibility index (Phi) is 8.45. The summed E-state index contributed by atoms with van der Waals surface area (Å²) in [5.41, 5.74) is 2.50. The Morgan fingerprint density at radius 1 is 1.15 bits per heavy atom. The lowest BCUT2D eigenvalue weighted by atomic mass is 10.1. The maximum atomic E-state index is 12.2. The SMILES string of the molecule is CCCCCOc1ccc(NC(=O)COc2cc(C)c(Cl)c(C)c2Br)cc1. The van der Waals surface area contributed by atoms with Gasteiger partial charge in [0.05, 0.1) is 11.1 Å². The number of rotatable bonds is 9. The fourth-order valence-electron chi connectivity index (χ4n) is 2.52. The number of hydrogen-bond acceptors (Lipinski definition) is 3. The number of aryl methyl sites for hydroxylation is 1. The summed E-state index contributed by atoms with van der Waals surface area (Å²) in [5, 5.41) is 3.51. The van der Waals surface area contributed by atoms with Crippen LogP contribution in [0.3, 0.4) is 0 Å². The topological polar surface area (TPSA) is 47.6 Å². The predicted octanol–water partition coefficient (Wildman–Crippen LogP) is 6.31. The number of benzene rings is 2. The monoisotopic (exact) mass is 453 g/mol. The van der Waals surface area contributed by atoms with Gasteiger partial charge in [-0.1, -0.05) is 31.4 Å². The molecule has 0 aliphatic heterocycles. The van der Waals surface area contributed by atoms with E-state index < -0.39 is 0 Å². The highest BCUT2D eigenvalue weighted by Crippen LogP contribution is 2.35. The van der Waals surface area contributed by atoms with Crippen molar-refractivity contribution in [1.29, 1.82) is 0 Å². The molecule has 0 aliphatic rings. The Hall–Kier alpha value is -1.72. The minimum absolute atomic E-state index is 0.0889. The summed E-state index contributed by atoms with van der Waals surface area (Å²) in [6.45, 7) is 6.59. The molecule has 2 rings (SSSR count). The van der Waals surface area contributed by atoms with Crippen molar-refractivity contribution in [3.63, 3.8) is 0 Å². The minimum atomic E-state index is -0.233. The molecule has 0 heterocycles. The van der Waals surface area contributed by atoms with Crippen molar-refractivity contribution in [2.75, 3.05) is 18.5 Å². The lowest BCUT2D eigenvalue weighted by Gasteiger charge is -2.13. The molecular formula is C21H25BrClNO3. The van der Waals surface area contributed by atoms with Crippen LogP contribution in [0.1, 0.15) is 37.3 Å². The van der Waals surface area contributed by atoms with Crippen LogP contribution >= 0.6 is 27.5 Å². The number of carbonyl (C=O) groups is 1. The molecule has 4 nitrogen and oxygen atoms in total. The van der Waals surface area contributed by atoms with Crippen LogP contribution in [-0.4, -0.2) is 19.1 Å². The Morgan fingerprint density at radius 2 is 1.85 bits per heavy atom. The number of ether oxygens (including phenoxy) is 2. The lowest BCUT2D eigenvalue weighted by molar-refractivity contribution is -0.118. The molecule has 1 N–H and O–H groups in total. The molecule has 0 atom stereocenters. The summed E-state index contributed by atoms with van der Waals surface area (Å²) in [5.74, 6) is 1.17. The van der Waals surface area contributed by atoms with E-state index >= 15 is 0 Å². The molecule has 1 amide bonds. The van der Waals surface area contributed by atoms with E-state index in [1.165, 1.54) is 6.42 Å². The molecule has 0 saturated heterocycles. The van der Waals surface area contributed by atoms with Crippen molar-refractivity contribution in [3.05, 3.63) is 51.0 Å². The zero-order chi connectivity index (χ0) is 19.8. The van der Waals surface area contributed by atoms with Gasteiger partial charge < -0.3 is 14.8 Å². The highest BCUT2D eigenvalue weighted by Gasteiger charge is 2.12. The fourth-order valence-corrected chi connectivity index (χ4v) is 3.21. The van der Waals surface area contributed by atoms with Gasteiger partial charge in [0.1, 0.15) is 11.5 Å². The molecule has 0 unspecified atom stereocenters. The molecule has 0 fully saturated rings. The van der Waals surface area contributed by atoms with Gasteiger partial charge in [-0.25, -0.2) is 0 Å². The average molecular weight is 455 g/mol. The Balaban J connectivity index is 1.85. The molecule has 0 bridgehead atoms. The molecule has 0 spiro atoms. The van der Waals surface area contributed by atoms with Crippen LogP contribution in [0.2, 0.25) is 5.02 Å². The quantitative estimate of drug-likeness (QED) is 0.452. The van der Waals surface area contributed by atoms with E-state index in [0.29, 0.717) is 23.1 Å². The number of anilines is 1. The first-order valence-electron chi connectivity index (χ1n) is 9.03. The van der Waals surface area contributed by atoms with Gasteiger partial charge in [0.15, 0.2) is 6.61 Å². The maximum absolute atomic E-state index is 12.2. The van der Waals surface area contributed by atoms with E-state index in [2.05, 4.69) is 28.2 Å². The van der Waals surface area contributed by atoms with E-state index in [9.17, 15) is 4.79 Å². The zero-order valence-electron chi connectivity index (χ0n) is 15.9. The molecule has 0 aromatic heterocycles. The average Bonchev–Trinajstić information content (AvgIpc) is 2.66. The molecular weight excluding hydrogens is 430 g/mol. The second kappa shape index (κ2) is 10.6. The van der Waals surface area contributed by atoms with E-state index in [4.69, 9.17) is 21.1 Å². The first kappa shape index (κ1) is 21.6. The maximum Gasteiger partial charge on any atom is 0.262 e. The highest BCUT2D eigenvalue weighted by molar-refractivity contribution is 9.10. The molecule has 146 valence electrons. The summed E-state index contributed by atoms with van der Waals surface area (Å²) < 4.78 is 12.1. The molecule has 0 aliphatic carbocycles. The van der Waals surface area contributed by atoms with Crippen LogP contribution in [0.4, 0.5) is 5.69 Å². The molecule has 2 aromatic carbocycles. The highest BCUT2D eigenvalue weighted by atomic mass is 79.9. The smallest absolute Gasteiger partial charge is 0.262 e. The third kappa shape index (κ3) is 6.43. The summed E-state index contributed by atoms with van der Waals surface area (Å²) in [7, 11) is 0. The van der Waals surface area contributed by atoms with Gasteiger partial charge in [-0.2, -0.15) is 0 Å². The van der Waals surface area contributed by atoms with Crippen LogP contribution in [0.25, 0.3) is 0 Å². The van der Waals surface area contributed by atoms with Crippen molar-refractivity contribution in [1.82, 2.24) is 0 Å². The Morgan fingerprint density at radius 3 is 2.52 bits per heavy atom. The third-order valence-corrected chi connectivity index (χ3v) is 5.65. The molecule has 27 heavy (non-hydrogen) atoms. The normalized spacial score (nSPS) is 10.6. The van der Waals surface area contributed by atoms with Crippen LogP contribution in [0.5, 0.6) is 11.5 Å². The molecule has 6 heteroatoms. The van der Waals surface area contributed by atoms with Crippen LogP contribution in [0.15, 0.2) is 34.8 Å². The van der Waals surface area contributed by atoms with Crippen molar-refractivity contribution < 1.29 is 14.3 Å². The van der Waals surface area contributed by atoms with Crippen LogP contribution < -0.4 is 14.8 Å². The van der Waals surface area contributed by atoms with Gasteiger partial charge in [0.2, 0.25) is 0 Å². The first-order chi connectivity index (χ1) is 12.9.